The second-order valence-electron chi connectivity index (χ2n) is 5.30. The fourth-order valence-electron chi connectivity index (χ4n) is 2.32. The van der Waals surface area contributed by atoms with E-state index in [0.717, 1.165) is 0 Å². The predicted octanol–water partition coefficient (Wildman–Crippen LogP) is 2.01. The van der Waals surface area contributed by atoms with Gasteiger partial charge >= 0.3 is 5.97 Å². The molecule has 0 fully saturated rings. The summed E-state index contributed by atoms with van der Waals surface area (Å²) < 4.78 is 10.4. The van der Waals surface area contributed by atoms with Gasteiger partial charge in [0.25, 0.3) is 0 Å². The van der Waals surface area contributed by atoms with Gasteiger partial charge in [0.2, 0.25) is 5.91 Å². The van der Waals surface area contributed by atoms with Gasteiger partial charge in [-0.15, -0.1) is 0 Å². The number of nitrogens with zero attached hydrogens (tertiary/aromatic N) is 1. The van der Waals surface area contributed by atoms with Crippen LogP contribution in [-0.2, 0) is 14.3 Å². The van der Waals surface area contributed by atoms with E-state index in [9.17, 15) is 14.7 Å². The van der Waals surface area contributed by atoms with Crippen LogP contribution in [-0.4, -0.2) is 54.3 Å². The number of amides is 1. The van der Waals surface area contributed by atoms with Crippen LogP contribution in [0.15, 0.2) is 30.3 Å². The summed E-state index contributed by atoms with van der Waals surface area (Å²) in [4.78, 5) is 25.5. The Labute approximate surface area is 143 Å². The van der Waals surface area contributed by atoms with E-state index >= 15 is 0 Å². The highest BCUT2D eigenvalue weighted by molar-refractivity contribution is 5.77. The first-order valence-electron chi connectivity index (χ1n) is 8.36. The average Bonchev–Trinajstić information content (AvgIpc) is 2.59. The van der Waals surface area contributed by atoms with Crippen molar-refractivity contribution < 1.29 is 24.2 Å². The Balaban J connectivity index is 2.54. The van der Waals surface area contributed by atoms with Crippen LogP contribution in [0.3, 0.4) is 0 Å². The topological polar surface area (TPSA) is 76.1 Å². The molecule has 0 saturated heterocycles. The number of carbonyl (C=O) groups excluding carboxylic acids is 2. The molecule has 0 aromatic heterocycles. The summed E-state index contributed by atoms with van der Waals surface area (Å²) in [5, 5.41) is 9.48. The van der Waals surface area contributed by atoms with Crippen LogP contribution in [0.4, 0.5) is 0 Å². The third-order valence-electron chi connectivity index (χ3n) is 3.63. The molecule has 1 amide bonds. The molecular weight excluding hydrogens is 310 g/mol. The van der Waals surface area contributed by atoms with Crippen molar-refractivity contribution >= 4 is 11.9 Å². The lowest BCUT2D eigenvalue weighted by molar-refractivity contribution is -0.144. The van der Waals surface area contributed by atoms with E-state index in [1.807, 2.05) is 37.3 Å². The summed E-state index contributed by atoms with van der Waals surface area (Å²) in [5.41, 5.74) is 0. The number of hydrogen-bond donors (Lipinski definition) is 1. The highest BCUT2D eigenvalue weighted by Gasteiger charge is 2.22. The molecule has 1 unspecified atom stereocenters. The van der Waals surface area contributed by atoms with E-state index in [2.05, 4.69) is 0 Å². The Morgan fingerprint density at radius 3 is 2.46 bits per heavy atom. The molecule has 1 aromatic carbocycles. The van der Waals surface area contributed by atoms with Crippen molar-refractivity contribution in [2.24, 2.45) is 0 Å². The van der Waals surface area contributed by atoms with E-state index in [4.69, 9.17) is 9.47 Å². The minimum absolute atomic E-state index is 0.121. The first kappa shape index (κ1) is 20.0. The number of aliphatic hydroxyl groups is 1. The minimum Gasteiger partial charge on any atom is -0.493 e. The van der Waals surface area contributed by atoms with E-state index in [1.54, 1.807) is 11.8 Å². The zero-order valence-electron chi connectivity index (χ0n) is 14.4. The monoisotopic (exact) mass is 337 g/mol. The van der Waals surface area contributed by atoms with Gasteiger partial charge in [0.15, 0.2) is 0 Å². The van der Waals surface area contributed by atoms with Crippen LogP contribution in [0.1, 0.15) is 33.1 Å². The van der Waals surface area contributed by atoms with E-state index < -0.39 is 0 Å². The van der Waals surface area contributed by atoms with E-state index in [-0.39, 0.29) is 50.5 Å². The lowest BCUT2D eigenvalue weighted by Crippen LogP contribution is -2.43. The zero-order valence-corrected chi connectivity index (χ0v) is 14.4. The summed E-state index contributed by atoms with van der Waals surface area (Å²) in [5.74, 6) is 0.220. The van der Waals surface area contributed by atoms with Crippen LogP contribution in [0.25, 0.3) is 0 Å². The summed E-state index contributed by atoms with van der Waals surface area (Å²) in [6.07, 6.45) is 0.925. The molecule has 0 heterocycles. The minimum atomic E-state index is -0.344. The standard InChI is InChI=1S/C18H27NO5/c1-3-15(14-20)19(12-10-18(22)23-4-2)17(21)11-13-24-16-8-6-5-7-9-16/h5-9,15,20H,3-4,10-14H2,1-2H3. The quantitative estimate of drug-likeness (QED) is 0.625. The van der Waals surface area contributed by atoms with Crippen molar-refractivity contribution in [2.45, 2.75) is 39.2 Å². The van der Waals surface area contributed by atoms with Crippen molar-refractivity contribution in [1.82, 2.24) is 4.90 Å². The molecule has 134 valence electrons. The maximum Gasteiger partial charge on any atom is 0.307 e. The van der Waals surface area contributed by atoms with Crippen LogP contribution in [0.5, 0.6) is 5.75 Å². The lowest BCUT2D eigenvalue weighted by Gasteiger charge is -2.29. The molecule has 24 heavy (non-hydrogen) atoms. The fraction of sp³-hybridized carbons (Fsp3) is 0.556. The second-order valence-corrected chi connectivity index (χ2v) is 5.30. The molecule has 6 heteroatoms. The Morgan fingerprint density at radius 2 is 1.88 bits per heavy atom. The van der Waals surface area contributed by atoms with Gasteiger partial charge in [-0.1, -0.05) is 25.1 Å². The average molecular weight is 337 g/mol. The molecule has 0 radical (unpaired) electrons. The number of aliphatic hydroxyl groups excluding tert-OH is 1. The third-order valence-corrected chi connectivity index (χ3v) is 3.63. The molecule has 0 bridgehead atoms. The molecule has 0 spiro atoms. The van der Waals surface area contributed by atoms with Crippen molar-refractivity contribution in [3.8, 4) is 5.75 Å². The Bertz CT molecular complexity index is 487. The second kappa shape index (κ2) is 11.5. The SMILES string of the molecule is CCOC(=O)CCN(C(=O)CCOc1ccccc1)C(CC)CO. The van der Waals surface area contributed by atoms with E-state index in [1.165, 1.54) is 0 Å². The molecule has 0 aliphatic carbocycles. The highest BCUT2D eigenvalue weighted by atomic mass is 16.5. The summed E-state index contributed by atoms with van der Waals surface area (Å²) in [6.45, 7) is 4.30. The first-order chi connectivity index (χ1) is 11.6. The molecule has 1 N–H and O–H groups in total. The number of rotatable bonds is 11. The molecule has 0 aliphatic heterocycles. The van der Waals surface area contributed by atoms with E-state index in [0.29, 0.717) is 18.8 Å². The number of carbonyl (C=O) groups is 2. The van der Waals surface area contributed by atoms with Gasteiger partial charge in [-0.3, -0.25) is 9.59 Å². The van der Waals surface area contributed by atoms with Crippen molar-refractivity contribution in [1.29, 1.82) is 0 Å². The Kier molecular flexibility index (Phi) is 9.53. The van der Waals surface area contributed by atoms with Crippen LogP contribution in [0.2, 0.25) is 0 Å². The zero-order chi connectivity index (χ0) is 17.8. The summed E-state index contributed by atoms with van der Waals surface area (Å²) in [7, 11) is 0. The molecular formula is C18H27NO5. The van der Waals surface area contributed by atoms with Crippen LogP contribution >= 0.6 is 0 Å². The van der Waals surface area contributed by atoms with Crippen molar-refractivity contribution in [3.63, 3.8) is 0 Å². The van der Waals surface area contributed by atoms with Gasteiger partial charge in [-0.2, -0.15) is 0 Å². The fourth-order valence-corrected chi connectivity index (χ4v) is 2.32. The van der Waals surface area contributed by atoms with Crippen molar-refractivity contribution in [2.75, 3.05) is 26.4 Å². The van der Waals surface area contributed by atoms with Gasteiger partial charge in [-0.05, 0) is 25.5 Å². The first-order valence-corrected chi connectivity index (χ1v) is 8.36. The predicted molar refractivity (Wildman–Crippen MR) is 90.7 cm³/mol. The molecule has 6 nitrogen and oxygen atoms in total. The molecule has 1 rings (SSSR count). The number of para-hydroxylation sites is 1. The highest BCUT2D eigenvalue weighted by Crippen LogP contribution is 2.11. The van der Waals surface area contributed by atoms with Gasteiger partial charge in [0, 0.05) is 6.54 Å². The smallest absolute Gasteiger partial charge is 0.307 e. The molecule has 0 aliphatic rings. The number of ether oxygens (including phenoxy) is 2. The van der Waals surface area contributed by atoms with Gasteiger partial charge in [0.05, 0.1) is 38.7 Å². The largest absolute Gasteiger partial charge is 0.493 e. The maximum atomic E-state index is 12.4. The van der Waals surface area contributed by atoms with Crippen LogP contribution < -0.4 is 4.74 Å². The van der Waals surface area contributed by atoms with Gasteiger partial charge in [-0.25, -0.2) is 0 Å². The maximum absolute atomic E-state index is 12.4. The Morgan fingerprint density at radius 1 is 1.17 bits per heavy atom. The van der Waals surface area contributed by atoms with Gasteiger partial charge in [0.1, 0.15) is 5.75 Å². The molecule has 1 atom stereocenters. The number of benzene rings is 1. The summed E-state index contributed by atoms with van der Waals surface area (Å²) >= 11 is 0. The molecule has 0 saturated carbocycles. The number of esters is 1. The number of hydrogen-bond acceptors (Lipinski definition) is 5. The lowest BCUT2D eigenvalue weighted by atomic mass is 10.1. The van der Waals surface area contributed by atoms with Crippen molar-refractivity contribution in [3.05, 3.63) is 30.3 Å². The Hall–Kier alpha value is -2.08. The molecule has 1 aromatic rings. The van der Waals surface area contributed by atoms with Gasteiger partial charge < -0.3 is 19.5 Å². The third kappa shape index (κ3) is 7.00. The normalized spacial score (nSPS) is 11.6. The van der Waals surface area contributed by atoms with Crippen LogP contribution in [0, 0.1) is 0 Å². The summed E-state index contributed by atoms with van der Waals surface area (Å²) in [6, 6.07) is 8.96.